The van der Waals surface area contributed by atoms with Crippen molar-refractivity contribution in [3.8, 4) is 0 Å². The van der Waals surface area contributed by atoms with Gasteiger partial charge in [0.1, 0.15) is 5.42 Å². The Morgan fingerprint density at radius 3 is 2.25 bits per heavy atom. The molecule has 0 unspecified atom stereocenters. The first-order valence-electron chi connectivity index (χ1n) is 2.13. The Hall–Kier alpha value is -1.05. The maximum Gasteiger partial charge on any atom is 0.278 e. The molecule has 0 radical (unpaired) electrons. The third kappa shape index (κ3) is 0.644. The number of hydrogen-bond acceptors (Lipinski definition) is 1. The quantitative estimate of drug-likeness (QED) is 0.468. The van der Waals surface area contributed by atoms with Crippen LogP contribution in [0.5, 0.6) is 0 Å². The normalized spacial score (nSPS) is 9.62. The highest BCUT2D eigenvalue weighted by molar-refractivity contribution is 5.07. The van der Waals surface area contributed by atoms with E-state index in [1.807, 2.05) is 0 Å². The summed E-state index contributed by atoms with van der Waals surface area (Å²) in [6, 6.07) is 0.572. The first-order chi connectivity index (χ1) is 3.70. The van der Waals surface area contributed by atoms with Crippen molar-refractivity contribution in [1.82, 2.24) is 0 Å². The van der Waals surface area contributed by atoms with Crippen LogP contribution < -0.4 is 10.6 Å². The molecule has 2 heteroatoms. The molecule has 0 saturated carbocycles. The number of rotatable bonds is 0. The van der Waals surface area contributed by atoms with Crippen molar-refractivity contribution in [1.29, 1.82) is 0 Å². The minimum absolute atomic E-state index is 0.294. The second-order valence-electron chi connectivity index (χ2n) is 1.50. The summed E-state index contributed by atoms with van der Waals surface area (Å²) in [6.07, 6.45) is 0. The van der Waals surface area contributed by atoms with Crippen LogP contribution in [-0.2, 0) is 0 Å². The fourth-order valence-corrected chi connectivity index (χ4v) is 0.430. The van der Waals surface area contributed by atoms with Gasteiger partial charge in [0.15, 0.2) is 0 Å². The van der Waals surface area contributed by atoms with Crippen LogP contribution in [0.15, 0.2) is 10.5 Å². The largest absolute Gasteiger partial charge is 0.432 e. The van der Waals surface area contributed by atoms with Crippen LogP contribution in [0, 0.1) is 6.01 Å². The van der Waals surface area contributed by atoms with Gasteiger partial charge in [-0.25, -0.2) is 0 Å². The lowest BCUT2D eigenvalue weighted by atomic mass is 10.5. The van der Waals surface area contributed by atoms with Gasteiger partial charge >= 0.3 is 0 Å². The summed E-state index contributed by atoms with van der Waals surface area (Å²) in [5, 5.41) is 0.502. The van der Waals surface area contributed by atoms with Crippen molar-refractivity contribution >= 4 is 13.2 Å². The summed E-state index contributed by atoms with van der Waals surface area (Å²) in [6.45, 7) is 6.82. The molecule has 1 heterocycles. The standard InChI is InChI=1S/C6H5FO/c1-4-3-6(7)8-5(4)2/h3H,1-2H2. The Morgan fingerprint density at radius 1 is 1.50 bits per heavy atom. The Morgan fingerprint density at radius 2 is 2.12 bits per heavy atom. The Kier molecular flexibility index (Phi) is 0.938. The van der Waals surface area contributed by atoms with E-state index in [9.17, 15) is 4.39 Å². The maximum absolute atomic E-state index is 11.9. The number of halogens is 1. The molecular weight excluding hydrogens is 107 g/mol. The zero-order valence-corrected chi connectivity index (χ0v) is 4.28. The number of furan rings is 1. The van der Waals surface area contributed by atoms with Crippen LogP contribution in [-0.4, -0.2) is 0 Å². The van der Waals surface area contributed by atoms with Crippen LogP contribution in [0.2, 0.25) is 0 Å². The lowest BCUT2D eigenvalue weighted by Gasteiger charge is -1.66. The summed E-state index contributed by atoms with van der Waals surface area (Å²) in [7, 11) is 0. The van der Waals surface area contributed by atoms with Crippen molar-refractivity contribution in [2.24, 2.45) is 0 Å². The molecule has 0 atom stereocenters. The molecule has 0 aromatic carbocycles. The molecule has 0 spiro atoms. The van der Waals surface area contributed by atoms with Crippen molar-refractivity contribution < 1.29 is 8.81 Å². The zero-order valence-electron chi connectivity index (χ0n) is 4.28. The number of hydrogen-bond donors (Lipinski definition) is 0. The molecule has 0 N–H and O–H groups in total. The molecule has 1 aromatic rings. The molecule has 0 bridgehead atoms. The van der Waals surface area contributed by atoms with Gasteiger partial charge in [-0.15, -0.1) is 0 Å². The van der Waals surface area contributed by atoms with E-state index >= 15 is 0 Å². The summed E-state index contributed by atoms with van der Waals surface area (Å²) >= 11 is 0. The minimum atomic E-state index is -0.625. The zero-order chi connectivity index (χ0) is 6.15. The average molecular weight is 112 g/mol. The molecule has 0 aliphatic carbocycles. The Balaban J connectivity index is 3.59. The average Bonchev–Trinajstić information content (AvgIpc) is 1.85. The topological polar surface area (TPSA) is 13.1 Å². The third-order valence-electron chi connectivity index (χ3n) is 0.867. The molecule has 8 heavy (non-hydrogen) atoms. The minimum Gasteiger partial charge on any atom is -0.432 e. The van der Waals surface area contributed by atoms with Gasteiger partial charge in [-0.1, -0.05) is 13.2 Å². The summed E-state index contributed by atoms with van der Waals surface area (Å²) < 4.78 is 16.3. The van der Waals surface area contributed by atoms with Crippen LogP contribution in [0.25, 0.3) is 13.2 Å². The Labute approximate surface area is 45.7 Å². The second kappa shape index (κ2) is 1.47. The predicted molar refractivity (Wildman–Crippen MR) is 29.0 cm³/mol. The van der Waals surface area contributed by atoms with Gasteiger partial charge in [0.2, 0.25) is 0 Å². The van der Waals surface area contributed by atoms with E-state index in [1.54, 1.807) is 0 Å². The van der Waals surface area contributed by atoms with Crippen LogP contribution in [0.4, 0.5) is 4.39 Å². The van der Waals surface area contributed by atoms with Gasteiger partial charge in [-0.2, -0.15) is 4.39 Å². The lowest BCUT2D eigenvalue weighted by Crippen LogP contribution is -2.13. The smallest absolute Gasteiger partial charge is 0.278 e. The van der Waals surface area contributed by atoms with E-state index in [-0.39, 0.29) is 0 Å². The molecular formula is C6H5FO. The van der Waals surface area contributed by atoms with E-state index in [2.05, 4.69) is 17.6 Å². The van der Waals surface area contributed by atoms with Gasteiger partial charge in [0, 0.05) is 11.3 Å². The maximum atomic E-state index is 11.9. The monoisotopic (exact) mass is 112 g/mol. The molecule has 0 fully saturated rings. The van der Waals surface area contributed by atoms with Gasteiger partial charge < -0.3 is 4.42 Å². The van der Waals surface area contributed by atoms with E-state index in [0.717, 1.165) is 0 Å². The predicted octanol–water partition coefficient (Wildman–Crippen LogP) is 0.239. The lowest BCUT2D eigenvalue weighted by molar-refractivity contribution is 0.344. The highest BCUT2D eigenvalue weighted by atomic mass is 19.1. The SMILES string of the molecule is C=c1cc(F)oc1=C. The van der Waals surface area contributed by atoms with Crippen LogP contribution in [0.3, 0.4) is 0 Å². The highest BCUT2D eigenvalue weighted by Gasteiger charge is 1.90. The molecule has 1 nitrogen and oxygen atoms in total. The summed E-state index contributed by atoms with van der Waals surface area (Å²) in [5.41, 5.74) is 0.294. The third-order valence-corrected chi connectivity index (χ3v) is 0.867. The van der Waals surface area contributed by atoms with Crippen LogP contribution >= 0.6 is 0 Å². The first-order valence-corrected chi connectivity index (χ1v) is 2.13. The molecule has 1 rings (SSSR count). The fourth-order valence-electron chi connectivity index (χ4n) is 0.430. The molecule has 42 valence electrons. The fraction of sp³-hybridized carbons (Fsp3) is 0. The van der Waals surface area contributed by atoms with Crippen molar-refractivity contribution in [3.05, 3.63) is 22.7 Å². The van der Waals surface area contributed by atoms with Crippen molar-refractivity contribution in [2.75, 3.05) is 0 Å². The first kappa shape index (κ1) is 5.09. The highest BCUT2D eigenvalue weighted by Crippen LogP contribution is 1.82. The molecule has 1 aromatic heterocycles. The van der Waals surface area contributed by atoms with E-state index in [0.29, 0.717) is 10.6 Å². The molecule has 0 amide bonds. The van der Waals surface area contributed by atoms with Gasteiger partial charge in [0.25, 0.3) is 6.01 Å². The van der Waals surface area contributed by atoms with E-state index in [4.69, 9.17) is 0 Å². The van der Waals surface area contributed by atoms with E-state index < -0.39 is 6.01 Å². The summed E-state index contributed by atoms with van der Waals surface area (Å²) in [4.78, 5) is 0. The van der Waals surface area contributed by atoms with Gasteiger partial charge in [-0.05, 0) is 0 Å². The molecule has 0 aliphatic rings. The second-order valence-corrected chi connectivity index (χ2v) is 1.50. The Bertz CT molecular complexity index is 246. The molecule has 0 saturated heterocycles. The van der Waals surface area contributed by atoms with Crippen LogP contribution in [0.1, 0.15) is 0 Å². The van der Waals surface area contributed by atoms with Gasteiger partial charge in [0.05, 0.1) is 0 Å². The van der Waals surface area contributed by atoms with Crippen molar-refractivity contribution in [3.63, 3.8) is 0 Å². The molecule has 0 aliphatic heterocycles. The van der Waals surface area contributed by atoms with E-state index in [1.165, 1.54) is 6.07 Å². The van der Waals surface area contributed by atoms with Crippen molar-refractivity contribution in [2.45, 2.75) is 0 Å². The van der Waals surface area contributed by atoms with Gasteiger partial charge in [-0.3, -0.25) is 0 Å². The summed E-state index contributed by atoms with van der Waals surface area (Å²) in [5.74, 6) is 0.